The van der Waals surface area contributed by atoms with Crippen molar-refractivity contribution in [3.63, 3.8) is 0 Å². The van der Waals surface area contributed by atoms with E-state index in [4.69, 9.17) is 4.74 Å². The Morgan fingerprint density at radius 1 is 1.26 bits per heavy atom. The van der Waals surface area contributed by atoms with Gasteiger partial charge in [0.2, 0.25) is 5.91 Å². The molecule has 2 atom stereocenters. The summed E-state index contributed by atoms with van der Waals surface area (Å²) in [6.07, 6.45) is -0.0598. The Morgan fingerprint density at radius 2 is 2.00 bits per heavy atom. The van der Waals surface area contributed by atoms with Crippen LogP contribution in [0.25, 0.3) is 0 Å². The zero-order chi connectivity index (χ0) is 13.4. The lowest BCUT2D eigenvalue weighted by atomic mass is 10.1. The molecule has 100 valence electrons. The van der Waals surface area contributed by atoms with Crippen LogP contribution in [0.4, 0.5) is 0 Å². The van der Waals surface area contributed by atoms with Crippen LogP contribution in [0.1, 0.15) is 10.4 Å². The van der Waals surface area contributed by atoms with Crippen molar-refractivity contribution < 1.29 is 14.3 Å². The molecule has 0 unspecified atom stereocenters. The fourth-order valence-corrected chi connectivity index (χ4v) is 2.69. The predicted molar refractivity (Wildman–Crippen MR) is 68.6 cm³/mol. The Labute approximate surface area is 111 Å². The summed E-state index contributed by atoms with van der Waals surface area (Å²) in [7, 11) is 1.78. The van der Waals surface area contributed by atoms with Crippen LogP contribution in [0.5, 0.6) is 0 Å². The summed E-state index contributed by atoms with van der Waals surface area (Å²) >= 11 is 0. The van der Waals surface area contributed by atoms with Crippen LogP contribution in [0.15, 0.2) is 30.3 Å². The first-order chi connectivity index (χ1) is 9.16. The smallest absolute Gasteiger partial charge is 0.254 e. The first-order valence-electron chi connectivity index (χ1n) is 6.38. The number of benzene rings is 1. The van der Waals surface area contributed by atoms with Crippen molar-refractivity contribution >= 4 is 11.8 Å². The molecule has 0 saturated carbocycles. The van der Waals surface area contributed by atoms with E-state index in [9.17, 15) is 9.59 Å². The lowest BCUT2D eigenvalue weighted by Crippen LogP contribution is -2.51. The molecule has 19 heavy (non-hydrogen) atoms. The molecular weight excluding hydrogens is 244 g/mol. The second-order valence-corrected chi connectivity index (χ2v) is 5.00. The molecular formula is C14H16N2O3. The van der Waals surface area contributed by atoms with E-state index in [1.165, 1.54) is 0 Å². The number of carbonyl (C=O) groups is 2. The van der Waals surface area contributed by atoms with Gasteiger partial charge in [0.15, 0.2) is 0 Å². The van der Waals surface area contributed by atoms with Crippen molar-refractivity contribution in [3.8, 4) is 0 Å². The highest BCUT2D eigenvalue weighted by Gasteiger charge is 2.43. The number of hydrogen-bond acceptors (Lipinski definition) is 3. The molecule has 2 aliphatic heterocycles. The van der Waals surface area contributed by atoms with Gasteiger partial charge in [0.05, 0.1) is 12.1 Å². The standard InChI is InChI=1S/C14H16N2O3/c1-15-11-7-16(8-12(11)19-9-13(15)17)14(18)10-5-3-2-4-6-10/h2-6,11-12H,7-9H2,1H3/t11-,12+/m1/s1. The number of likely N-dealkylation sites (N-methyl/N-ethyl adjacent to an activating group) is 1. The molecule has 1 aromatic rings. The van der Waals surface area contributed by atoms with Gasteiger partial charge >= 0.3 is 0 Å². The van der Waals surface area contributed by atoms with Gasteiger partial charge in [-0.15, -0.1) is 0 Å². The van der Waals surface area contributed by atoms with Crippen LogP contribution in [-0.4, -0.2) is 60.5 Å². The molecule has 3 rings (SSSR count). The first kappa shape index (κ1) is 12.2. The minimum absolute atomic E-state index is 0.000510. The summed E-state index contributed by atoms with van der Waals surface area (Å²) in [5.74, 6) is -0.0188. The number of likely N-dealkylation sites (tertiary alicyclic amines) is 1. The molecule has 0 aromatic heterocycles. The molecule has 0 spiro atoms. The number of rotatable bonds is 1. The molecule has 2 saturated heterocycles. The number of fused-ring (bicyclic) bond motifs is 1. The van der Waals surface area contributed by atoms with Crippen molar-refractivity contribution in [1.29, 1.82) is 0 Å². The van der Waals surface area contributed by atoms with Crippen LogP contribution in [0.2, 0.25) is 0 Å². The normalized spacial score (nSPS) is 26.5. The fourth-order valence-electron chi connectivity index (χ4n) is 2.69. The largest absolute Gasteiger partial charge is 0.364 e. The molecule has 2 fully saturated rings. The highest BCUT2D eigenvalue weighted by atomic mass is 16.5. The Hall–Kier alpha value is -1.88. The third kappa shape index (κ3) is 2.10. The van der Waals surface area contributed by atoms with Gasteiger partial charge in [-0.25, -0.2) is 0 Å². The lowest BCUT2D eigenvalue weighted by Gasteiger charge is -2.33. The van der Waals surface area contributed by atoms with E-state index in [2.05, 4.69) is 0 Å². The maximum atomic E-state index is 12.3. The predicted octanol–water partition coefficient (Wildman–Crippen LogP) is 0.368. The van der Waals surface area contributed by atoms with Crippen LogP contribution in [0.3, 0.4) is 0 Å². The SMILES string of the molecule is CN1C(=O)CO[C@H]2CN(C(=O)c3ccccc3)C[C@H]21. The molecule has 0 radical (unpaired) electrons. The molecule has 2 heterocycles. The molecule has 0 N–H and O–H groups in total. The first-order valence-corrected chi connectivity index (χ1v) is 6.38. The number of amides is 2. The van der Waals surface area contributed by atoms with E-state index in [0.29, 0.717) is 18.7 Å². The van der Waals surface area contributed by atoms with E-state index in [0.717, 1.165) is 0 Å². The summed E-state index contributed by atoms with van der Waals surface area (Å²) in [5.41, 5.74) is 0.676. The van der Waals surface area contributed by atoms with E-state index in [1.54, 1.807) is 29.0 Å². The Balaban J connectivity index is 1.75. The summed E-state index contributed by atoms with van der Waals surface area (Å²) in [6.45, 7) is 1.21. The quantitative estimate of drug-likeness (QED) is 0.733. The van der Waals surface area contributed by atoms with Crippen molar-refractivity contribution in [3.05, 3.63) is 35.9 Å². The minimum Gasteiger partial charge on any atom is -0.364 e. The number of morpholine rings is 1. The van der Waals surface area contributed by atoms with Gasteiger partial charge in [0.25, 0.3) is 5.91 Å². The summed E-state index contributed by atoms with van der Waals surface area (Å²) in [4.78, 5) is 27.4. The van der Waals surface area contributed by atoms with Crippen LogP contribution >= 0.6 is 0 Å². The monoisotopic (exact) mass is 260 g/mol. The molecule has 2 aliphatic rings. The average molecular weight is 260 g/mol. The molecule has 5 heteroatoms. The van der Waals surface area contributed by atoms with Gasteiger partial charge in [-0.1, -0.05) is 18.2 Å². The van der Waals surface area contributed by atoms with E-state index in [-0.39, 0.29) is 30.6 Å². The maximum Gasteiger partial charge on any atom is 0.254 e. The number of nitrogens with zero attached hydrogens (tertiary/aromatic N) is 2. The topological polar surface area (TPSA) is 49.9 Å². The molecule has 0 aliphatic carbocycles. The number of ether oxygens (including phenoxy) is 1. The second kappa shape index (κ2) is 4.66. The molecule has 0 bridgehead atoms. The van der Waals surface area contributed by atoms with Crippen molar-refractivity contribution in [2.45, 2.75) is 12.1 Å². The van der Waals surface area contributed by atoms with Gasteiger partial charge in [-0.3, -0.25) is 9.59 Å². The van der Waals surface area contributed by atoms with Crippen LogP contribution in [-0.2, 0) is 9.53 Å². The lowest BCUT2D eigenvalue weighted by molar-refractivity contribution is -0.150. The second-order valence-electron chi connectivity index (χ2n) is 5.00. The average Bonchev–Trinajstić information content (AvgIpc) is 2.88. The van der Waals surface area contributed by atoms with E-state index >= 15 is 0 Å². The van der Waals surface area contributed by atoms with Gasteiger partial charge in [-0.05, 0) is 12.1 Å². The fraction of sp³-hybridized carbons (Fsp3) is 0.429. The van der Waals surface area contributed by atoms with Crippen LogP contribution in [0, 0.1) is 0 Å². The highest BCUT2D eigenvalue weighted by Crippen LogP contribution is 2.23. The van der Waals surface area contributed by atoms with Gasteiger partial charge < -0.3 is 14.5 Å². The number of hydrogen-bond donors (Lipinski definition) is 0. The van der Waals surface area contributed by atoms with Crippen molar-refractivity contribution in [1.82, 2.24) is 9.80 Å². The third-order valence-corrected chi connectivity index (χ3v) is 3.86. The zero-order valence-corrected chi connectivity index (χ0v) is 10.8. The molecule has 1 aromatic carbocycles. The molecule has 2 amide bonds. The molecule has 5 nitrogen and oxygen atoms in total. The van der Waals surface area contributed by atoms with Gasteiger partial charge in [0.1, 0.15) is 6.61 Å². The zero-order valence-electron chi connectivity index (χ0n) is 10.8. The van der Waals surface area contributed by atoms with Crippen molar-refractivity contribution in [2.24, 2.45) is 0 Å². The third-order valence-electron chi connectivity index (χ3n) is 3.86. The van der Waals surface area contributed by atoms with E-state index in [1.807, 2.05) is 18.2 Å². The summed E-state index contributed by atoms with van der Waals surface area (Å²) in [6, 6.07) is 9.18. The van der Waals surface area contributed by atoms with E-state index < -0.39 is 0 Å². The highest BCUT2D eigenvalue weighted by molar-refractivity contribution is 5.94. The summed E-state index contributed by atoms with van der Waals surface area (Å²) in [5, 5.41) is 0. The van der Waals surface area contributed by atoms with Gasteiger partial charge in [-0.2, -0.15) is 0 Å². The Kier molecular flexibility index (Phi) is 2.98. The number of carbonyl (C=O) groups excluding carboxylic acids is 2. The van der Waals surface area contributed by atoms with Crippen LogP contribution < -0.4 is 0 Å². The maximum absolute atomic E-state index is 12.3. The van der Waals surface area contributed by atoms with Crippen molar-refractivity contribution in [2.75, 3.05) is 26.7 Å². The Morgan fingerprint density at radius 3 is 2.74 bits per heavy atom. The summed E-state index contributed by atoms with van der Waals surface area (Å²) < 4.78 is 5.52. The Bertz CT molecular complexity index is 503. The minimum atomic E-state index is -0.0598. The van der Waals surface area contributed by atoms with Gasteiger partial charge in [0, 0.05) is 25.7 Å².